The number of nitrogens with one attached hydrogen (secondary N) is 1. The van der Waals surface area contributed by atoms with Crippen molar-refractivity contribution in [2.24, 2.45) is 0 Å². The fourth-order valence-corrected chi connectivity index (χ4v) is 6.53. The van der Waals surface area contributed by atoms with Crippen LogP contribution in [0.1, 0.15) is 71.1 Å². The van der Waals surface area contributed by atoms with Crippen LogP contribution in [0.15, 0.2) is 5.16 Å². The summed E-state index contributed by atoms with van der Waals surface area (Å²) >= 11 is 2.89. The fraction of sp³-hybridized carbons (Fsp3) is 0.636. The van der Waals surface area contributed by atoms with Crippen molar-refractivity contribution in [3.05, 3.63) is 21.8 Å². The van der Waals surface area contributed by atoms with E-state index in [0.29, 0.717) is 16.5 Å². The van der Waals surface area contributed by atoms with Crippen LogP contribution < -0.4 is 5.32 Å². The number of amides is 1. The zero-order valence-corrected chi connectivity index (χ0v) is 19.9. The van der Waals surface area contributed by atoms with E-state index in [4.69, 9.17) is 9.47 Å². The van der Waals surface area contributed by atoms with E-state index in [1.54, 1.807) is 0 Å². The molecule has 32 heavy (non-hydrogen) atoms. The van der Waals surface area contributed by atoms with Crippen molar-refractivity contribution in [1.29, 1.82) is 0 Å². The summed E-state index contributed by atoms with van der Waals surface area (Å²) in [5.74, 6) is 1.17. The number of thiophene rings is 1. The van der Waals surface area contributed by atoms with Crippen LogP contribution in [0.25, 0.3) is 0 Å². The molecule has 0 spiro atoms. The average Bonchev–Trinajstić information content (AvgIpc) is 3.20. The third-order valence-electron chi connectivity index (χ3n) is 6.24. The van der Waals surface area contributed by atoms with Gasteiger partial charge in [-0.3, -0.25) is 4.79 Å². The SMILES string of the molecule is COC(=O)c1c(NC(=O)CSc2nnc(C3CC3)n2CC2CCCO2)sc2c1CCCC2. The summed E-state index contributed by atoms with van der Waals surface area (Å²) in [5, 5.41) is 13.1. The topological polar surface area (TPSA) is 95.3 Å². The van der Waals surface area contributed by atoms with Gasteiger partial charge < -0.3 is 19.4 Å². The number of esters is 1. The van der Waals surface area contributed by atoms with E-state index >= 15 is 0 Å². The van der Waals surface area contributed by atoms with E-state index in [-0.39, 0.29) is 23.7 Å². The monoisotopic (exact) mass is 476 g/mol. The maximum Gasteiger partial charge on any atom is 0.341 e. The predicted molar refractivity (Wildman–Crippen MR) is 123 cm³/mol. The maximum atomic E-state index is 12.8. The lowest BCUT2D eigenvalue weighted by molar-refractivity contribution is -0.113. The van der Waals surface area contributed by atoms with Crippen molar-refractivity contribution in [2.75, 3.05) is 24.8 Å². The Hall–Kier alpha value is -1.91. The van der Waals surface area contributed by atoms with Gasteiger partial charge in [-0.1, -0.05) is 11.8 Å². The van der Waals surface area contributed by atoms with E-state index in [2.05, 4.69) is 20.1 Å². The molecule has 1 saturated carbocycles. The van der Waals surface area contributed by atoms with Gasteiger partial charge in [0, 0.05) is 17.4 Å². The Morgan fingerprint density at radius 3 is 2.81 bits per heavy atom. The quantitative estimate of drug-likeness (QED) is 0.457. The molecule has 1 aliphatic heterocycles. The van der Waals surface area contributed by atoms with Gasteiger partial charge in [0.15, 0.2) is 5.16 Å². The summed E-state index contributed by atoms with van der Waals surface area (Å²) < 4.78 is 13.0. The normalized spacial score (nSPS) is 20.2. The lowest BCUT2D eigenvalue weighted by atomic mass is 9.95. The molecule has 5 rings (SSSR count). The second kappa shape index (κ2) is 9.52. The molecule has 1 unspecified atom stereocenters. The van der Waals surface area contributed by atoms with Gasteiger partial charge in [0.05, 0.1) is 31.1 Å². The number of rotatable bonds is 8. The summed E-state index contributed by atoms with van der Waals surface area (Å²) in [6.45, 7) is 1.55. The number of hydrogen-bond donors (Lipinski definition) is 1. The molecule has 0 radical (unpaired) electrons. The van der Waals surface area contributed by atoms with Gasteiger partial charge in [0.25, 0.3) is 0 Å². The van der Waals surface area contributed by atoms with Gasteiger partial charge in [0.2, 0.25) is 5.91 Å². The summed E-state index contributed by atoms with van der Waals surface area (Å²) in [4.78, 5) is 26.4. The van der Waals surface area contributed by atoms with E-state index < -0.39 is 0 Å². The van der Waals surface area contributed by atoms with Gasteiger partial charge in [-0.05, 0) is 56.9 Å². The Morgan fingerprint density at radius 2 is 2.06 bits per heavy atom. The largest absolute Gasteiger partial charge is 0.465 e. The smallest absolute Gasteiger partial charge is 0.341 e. The fourth-order valence-electron chi connectivity index (χ4n) is 4.48. The molecule has 1 saturated heterocycles. The minimum atomic E-state index is -0.377. The first-order valence-electron chi connectivity index (χ1n) is 11.3. The molecule has 1 amide bonds. The molecule has 3 aliphatic rings. The molecule has 1 N–H and O–H groups in total. The number of aromatic nitrogens is 3. The highest BCUT2D eigenvalue weighted by atomic mass is 32.2. The molecule has 1 atom stereocenters. The van der Waals surface area contributed by atoms with Crippen LogP contribution in [0.3, 0.4) is 0 Å². The van der Waals surface area contributed by atoms with Crippen molar-refractivity contribution in [2.45, 2.75) is 75.1 Å². The Balaban J connectivity index is 1.28. The van der Waals surface area contributed by atoms with Crippen molar-refractivity contribution in [3.8, 4) is 0 Å². The Labute approximate surface area is 195 Å². The molecule has 2 aromatic heterocycles. The molecule has 0 aromatic carbocycles. The number of anilines is 1. The first kappa shape index (κ1) is 21.9. The number of ether oxygens (including phenoxy) is 2. The van der Waals surface area contributed by atoms with Crippen LogP contribution in [0.2, 0.25) is 0 Å². The third-order valence-corrected chi connectivity index (χ3v) is 8.42. The molecule has 2 aromatic rings. The molecule has 0 bridgehead atoms. The van der Waals surface area contributed by atoms with Crippen LogP contribution in [-0.4, -0.2) is 52.2 Å². The number of hydrogen-bond acceptors (Lipinski definition) is 8. The van der Waals surface area contributed by atoms with E-state index in [0.717, 1.165) is 81.1 Å². The molecule has 10 heteroatoms. The number of nitrogens with zero attached hydrogens (tertiary/aromatic N) is 3. The molecule has 2 aliphatic carbocycles. The Kier molecular flexibility index (Phi) is 6.52. The number of carbonyl (C=O) groups is 2. The highest BCUT2D eigenvalue weighted by molar-refractivity contribution is 7.99. The van der Waals surface area contributed by atoms with Gasteiger partial charge >= 0.3 is 5.97 Å². The second-order valence-corrected chi connectivity index (χ2v) is 10.7. The van der Waals surface area contributed by atoms with Gasteiger partial charge in [-0.25, -0.2) is 4.79 Å². The van der Waals surface area contributed by atoms with Crippen molar-refractivity contribution >= 4 is 40.0 Å². The van der Waals surface area contributed by atoms with Crippen LogP contribution >= 0.6 is 23.1 Å². The highest BCUT2D eigenvalue weighted by Crippen LogP contribution is 2.41. The van der Waals surface area contributed by atoms with Crippen LogP contribution in [0.4, 0.5) is 5.00 Å². The van der Waals surface area contributed by atoms with E-state index in [1.165, 1.54) is 35.1 Å². The number of aryl methyl sites for hydroxylation is 1. The lowest BCUT2D eigenvalue weighted by Gasteiger charge is -2.14. The molecule has 3 heterocycles. The number of thioether (sulfide) groups is 1. The van der Waals surface area contributed by atoms with Crippen molar-refractivity contribution < 1.29 is 19.1 Å². The second-order valence-electron chi connectivity index (χ2n) is 8.60. The van der Waals surface area contributed by atoms with Gasteiger partial charge in [-0.2, -0.15) is 0 Å². The van der Waals surface area contributed by atoms with Gasteiger partial charge in [0.1, 0.15) is 10.8 Å². The summed E-state index contributed by atoms with van der Waals surface area (Å²) in [5.41, 5.74) is 1.57. The zero-order valence-electron chi connectivity index (χ0n) is 18.2. The Bertz CT molecular complexity index is 1010. The maximum absolute atomic E-state index is 12.8. The minimum Gasteiger partial charge on any atom is -0.465 e. The first-order valence-corrected chi connectivity index (χ1v) is 13.1. The molecule has 172 valence electrons. The Morgan fingerprint density at radius 1 is 1.22 bits per heavy atom. The van der Waals surface area contributed by atoms with Crippen LogP contribution in [0.5, 0.6) is 0 Å². The average molecular weight is 477 g/mol. The zero-order chi connectivity index (χ0) is 22.1. The summed E-state index contributed by atoms with van der Waals surface area (Å²) in [6, 6.07) is 0. The van der Waals surface area contributed by atoms with Crippen LogP contribution in [0, 0.1) is 0 Å². The van der Waals surface area contributed by atoms with E-state index in [9.17, 15) is 9.59 Å². The number of carbonyl (C=O) groups excluding carboxylic acids is 2. The molecule has 2 fully saturated rings. The summed E-state index contributed by atoms with van der Waals surface area (Å²) in [6.07, 6.45) is 8.60. The molecular weight excluding hydrogens is 448 g/mol. The minimum absolute atomic E-state index is 0.154. The number of methoxy groups -OCH3 is 1. The highest BCUT2D eigenvalue weighted by Gasteiger charge is 2.32. The van der Waals surface area contributed by atoms with Crippen LogP contribution in [-0.2, 0) is 33.7 Å². The number of fused-ring (bicyclic) bond motifs is 1. The van der Waals surface area contributed by atoms with E-state index in [1.807, 2.05) is 0 Å². The molecule has 8 nitrogen and oxygen atoms in total. The standard InChI is InChI=1S/C22H28N4O4S2/c1-29-21(28)18-15-6-2-3-7-16(15)32-20(18)23-17(27)12-31-22-25-24-19(13-8-9-13)26(22)11-14-5-4-10-30-14/h13-14H,2-12H2,1H3,(H,23,27). The lowest BCUT2D eigenvalue weighted by Crippen LogP contribution is -2.19. The third kappa shape index (κ3) is 4.58. The summed E-state index contributed by atoms with van der Waals surface area (Å²) in [7, 11) is 1.38. The first-order chi connectivity index (χ1) is 15.6. The molecular formula is C22H28N4O4S2. The van der Waals surface area contributed by atoms with Gasteiger partial charge in [-0.15, -0.1) is 21.5 Å². The van der Waals surface area contributed by atoms with Crippen molar-refractivity contribution in [1.82, 2.24) is 14.8 Å². The predicted octanol–water partition coefficient (Wildman–Crippen LogP) is 3.79. The van der Waals surface area contributed by atoms with Crippen molar-refractivity contribution in [3.63, 3.8) is 0 Å².